The average molecular weight is 385 g/mol. The predicted molar refractivity (Wildman–Crippen MR) is 122 cm³/mol. The van der Waals surface area contributed by atoms with E-state index in [1.807, 2.05) is 0 Å². The van der Waals surface area contributed by atoms with Crippen LogP contribution in [-0.4, -0.2) is 24.5 Å². The SMILES string of the molecule is NCCCc1ccc(C(c2ccccc2)(c2ccccc2)N2CCCCC2)cc1. The highest BCUT2D eigenvalue weighted by Gasteiger charge is 2.42. The van der Waals surface area contributed by atoms with E-state index in [-0.39, 0.29) is 5.54 Å². The van der Waals surface area contributed by atoms with Gasteiger partial charge < -0.3 is 5.73 Å². The number of hydrogen-bond acceptors (Lipinski definition) is 2. The second-order valence-corrected chi connectivity index (χ2v) is 8.08. The number of nitrogens with two attached hydrogens (primary N) is 1. The number of nitrogens with zero attached hydrogens (tertiary/aromatic N) is 1. The fourth-order valence-corrected chi connectivity index (χ4v) is 4.85. The van der Waals surface area contributed by atoms with Gasteiger partial charge in [-0.05, 0) is 67.6 Å². The molecule has 0 amide bonds. The van der Waals surface area contributed by atoms with Gasteiger partial charge in [0.1, 0.15) is 0 Å². The zero-order valence-corrected chi connectivity index (χ0v) is 17.3. The first-order valence-corrected chi connectivity index (χ1v) is 11.0. The van der Waals surface area contributed by atoms with Crippen molar-refractivity contribution in [3.63, 3.8) is 0 Å². The first kappa shape index (κ1) is 19.9. The van der Waals surface area contributed by atoms with Crippen LogP contribution in [0.25, 0.3) is 0 Å². The minimum absolute atomic E-state index is 0.255. The monoisotopic (exact) mass is 384 g/mol. The zero-order chi connectivity index (χ0) is 19.9. The molecule has 1 saturated heterocycles. The Bertz CT molecular complexity index is 826. The highest BCUT2D eigenvalue weighted by atomic mass is 15.2. The van der Waals surface area contributed by atoms with Crippen LogP contribution in [0.15, 0.2) is 84.9 Å². The number of rotatable bonds is 7. The van der Waals surface area contributed by atoms with E-state index in [4.69, 9.17) is 5.73 Å². The lowest BCUT2D eigenvalue weighted by atomic mass is 9.74. The van der Waals surface area contributed by atoms with Gasteiger partial charge in [-0.3, -0.25) is 4.90 Å². The van der Waals surface area contributed by atoms with Crippen molar-refractivity contribution in [1.29, 1.82) is 0 Å². The Morgan fingerprint density at radius 2 is 1.17 bits per heavy atom. The molecule has 2 heteroatoms. The Morgan fingerprint density at radius 1 is 0.655 bits per heavy atom. The number of piperidine rings is 1. The Balaban J connectivity index is 1.89. The summed E-state index contributed by atoms with van der Waals surface area (Å²) in [4.78, 5) is 2.70. The maximum absolute atomic E-state index is 5.72. The van der Waals surface area contributed by atoms with Gasteiger partial charge in [0, 0.05) is 0 Å². The van der Waals surface area contributed by atoms with Crippen LogP contribution in [0.5, 0.6) is 0 Å². The summed E-state index contributed by atoms with van der Waals surface area (Å²) in [6.45, 7) is 2.99. The summed E-state index contributed by atoms with van der Waals surface area (Å²) >= 11 is 0. The minimum atomic E-state index is -0.255. The summed E-state index contributed by atoms with van der Waals surface area (Å²) in [6, 6.07) is 31.4. The normalized spacial score (nSPS) is 15.3. The van der Waals surface area contributed by atoms with E-state index in [0.717, 1.165) is 32.5 Å². The van der Waals surface area contributed by atoms with E-state index in [2.05, 4.69) is 89.8 Å². The van der Waals surface area contributed by atoms with Crippen LogP contribution in [0.2, 0.25) is 0 Å². The van der Waals surface area contributed by atoms with Gasteiger partial charge in [0.05, 0.1) is 5.54 Å². The smallest absolute Gasteiger partial charge is 0.0972 e. The van der Waals surface area contributed by atoms with E-state index < -0.39 is 0 Å². The van der Waals surface area contributed by atoms with Crippen LogP contribution in [0.4, 0.5) is 0 Å². The predicted octanol–water partition coefficient (Wildman–Crippen LogP) is 5.36. The van der Waals surface area contributed by atoms with Crippen molar-refractivity contribution in [2.75, 3.05) is 19.6 Å². The van der Waals surface area contributed by atoms with Crippen molar-refractivity contribution >= 4 is 0 Å². The second kappa shape index (κ2) is 9.39. The van der Waals surface area contributed by atoms with Crippen LogP contribution >= 0.6 is 0 Å². The highest BCUT2D eigenvalue weighted by Crippen LogP contribution is 2.43. The lowest BCUT2D eigenvalue weighted by Gasteiger charge is -2.47. The highest BCUT2D eigenvalue weighted by molar-refractivity contribution is 5.50. The van der Waals surface area contributed by atoms with Gasteiger partial charge in [-0.25, -0.2) is 0 Å². The summed E-state index contributed by atoms with van der Waals surface area (Å²) < 4.78 is 0. The van der Waals surface area contributed by atoms with Gasteiger partial charge in [0.2, 0.25) is 0 Å². The third kappa shape index (κ3) is 4.01. The molecule has 3 aromatic rings. The van der Waals surface area contributed by atoms with Crippen molar-refractivity contribution in [2.24, 2.45) is 5.73 Å². The van der Waals surface area contributed by atoms with Crippen LogP contribution in [0.3, 0.4) is 0 Å². The van der Waals surface area contributed by atoms with E-state index in [1.54, 1.807) is 0 Å². The fourth-order valence-electron chi connectivity index (χ4n) is 4.85. The largest absolute Gasteiger partial charge is 0.330 e. The molecule has 0 atom stereocenters. The Morgan fingerprint density at radius 3 is 1.69 bits per heavy atom. The molecule has 0 saturated carbocycles. The molecule has 2 N–H and O–H groups in total. The fraction of sp³-hybridized carbons (Fsp3) is 0.333. The first-order chi connectivity index (χ1) is 14.4. The van der Waals surface area contributed by atoms with Crippen LogP contribution in [-0.2, 0) is 12.0 Å². The molecule has 1 heterocycles. The van der Waals surface area contributed by atoms with Crippen LogP contribution < -0.4 is 5.73 Å². The molecule has 1 aliphatic rings. The zero-order valence-electron chi connectivity index (χ0n) is 17.3. The van der Waals surface area contributed by atoms with Gasteiger partial charge in [-0.1, -0.05) is 91.3 Å². The molecule has 0 aromatic heterocycles. The maximum Gasteiger partial charge on any atom is 0.0972 e. The van der Waals surface area contributed by atoms with Gasteiger partial charge in [-0.15, -0.1) is 0 Å². The molecule has 0 radical (unpaired) electrons. The lowest BCUT2D eigenvalue weighted by molar-refractivity contribution is 0.128. The molecule has 0 bridgehead atoms. The van der Waals surface area contributed by atoms with Gasteiger partial charge in [0.25, 0.3) is 0 Å². The first-order valence-electron chi connectivity index (χ1n) is 11.0. The van der Waals surface area contributed by atoms with E-state index >= 15 is 0 Å². The minimum Gasteiger partial charge on any atom is -0.330 e. The summed E-state index contributed by atoms with van der Waals surface area (Å²) in [5.74, 6) is 0. The van der Waals surface area contributed by atoms with Crippen molar-refractivity contribution in [3.05, 3.63) is 107 Å². The molecule has 0 spiro atoms. The van der Waals surface area contributed by atoms with Gasteiger partial charge in [-0.2, -0.15) is 0 Å². The average Bonchev–Trinajstić information content (AvgIpc) is 2.81. The van der Waals surface area contributed by atoms with Crippen LogP contribution in [0.1, 0.15) is 47.9 Å². The van der Waals surface area contributed by atoms with Crippen molar-refractivity contribution in [3.8, 4) is 0 Å². The molecule has 0 aliphatic carbocycles. The van der Waals surface area contributed by atoms with Gasteiger partial charge in [0.15, 0.2) is 0 Å². The van der Waals surface area contributed by atoms with E-state index in [9.17, 15) is 0 Å². The lowest BCUT2D eigenvalue weighted by Crippen LogP contribution is -2.50. The summed E-state index contributed by atoms with van der Waals surface area (Å²) in [5, 5.41) is 0. The number of benzene rings is 3. The molecule has 29 heavy (non-hydrogen) atoms. The molecular weight excluding hydrogens is 352 g/mol. The van der Waals surface area contributed by atoms with Crippen LogP contribution in [0, 0.1) is 0 Å². The number of hydrogen-bond donors (Lipinski definition) is 1. The molecule has 1 aliphatic heterocycles. The van der Waals surface area contributed by atoms with E-state index in [1.165, 1.54) is 41.5 Å². The summed E-state index contributed by atoms with van der Waals surface area (Å²) in [7, 11) is 0. The molecule has 2 nitrogen and oxygen atoms in total. The molecule has 4 rings (SSSR count). The molecule has 1 fully saturated rings. The quantitative estimate of drug-likeness (QED) is 0.556. The summed E-state index contributed by atoms with van der Waals surface area (Å²) in [5.41, 5.74) is 10.9. The summed E-state index contributed by atoms with van der Waals surface area (Å²) in [6.07, 6.45) is 5.93. The second-order valence-electron chi connectivity index (χ2n) is 8.08. The third-order valence-electron chi connectivity index (χ3n) is 6.25. The Labute approximate surface area is 175 Å². The van der Waals surface area contributed by atoms with E-state index in [0.29, 0.717) is 0 Å². The maximum atomic E-state index is 5.72. The topological polar surface area (TPSA) is 29.3 Å². The molecular formula is C27H32N2. The molecule has 150 valence electrons. The van der Waals surface area contributed by atoms with Crippen molar-refractivity contribution in [1.82, 2.24) is 4.90 Å². The standard InChI is InChI=1S/C27H32N2/c28-20-10-11-23-16-18-26(19-17-23)27(24-12-4-1-5-13-24,25-14-6-2-7-15-25)29-21-8-3-9-22-29/h1-2,4-7,12-19H,3,8-11,20-22,28H2. The Kier molecular flexibility index (Phi) is 6.43. The molecule has 3 aromatic carbocycles. The van der Waals surface area contributed by atoms with Crippen molar-refractivity contribution < 1.29 is 0 Å². The number of likely N-dealkylation sites (tertiary alicyclic amines) is 1. The molecule has 0 unspecified atom stereocenters. The van der Waals surface area contributed by atoms with Gasteiger partial charge >= 0.3 is 0 Å². The van der Waals surface area contributed by atoms with Crippen molar-refractivity contribution in [2.45, 2.75) is 37.6 Å². The third-order valence-corrected chi connectivity index (χ3v) is 6.25. The number of aryl methyl sites for hydroxylation is 1. The Hall–Kier alpha value is -2.42.